The van der Waals surface area contributed by atoms with Gasteiger partial charge in [-0.3, -0.25) is 9.59 Å². The van der Waals surface area contributed by atoms with Crippen LogP contribution in [-0.2, 0) is 16.1 Å². The maximum Gasteiger partial charge on any atom is 0.407 e. The summed E-state index contributed by atoms with van der Waals surface area (Å²) in [6.07, 6.45) is 4.02. The maximum atomic E-state index is 14.4. The quantitative estimate of drug-likeness (QED) is 0.406. The van der Waals surface area contributed by atoms with Crippen molar-refractivity contribution in [3.63, 3.8) is 0 Å². The first-order chi connectivity index (χ1) is 19.7. The number of carboxylic acid groups (broad SMARTS) is 1. The molecule has 2 fully saturated rings. The number of piperidine rings is 2. The molecule has 0 aliphatic carbocycles. The van der Waals surface area contributed by atoms with Gasteiger partial charge in [0.05, 0.1) is 24.6 Å². The van der Waals surface area contributed by atoms with E-state index in [-0.39, 0.29) is 30.8 Å². The summed E-state index contributed by atoms with van der Waals surface area (Å²) in [4.78, 5) is 49.9. The fourth-order valence-corrected chi connectivity index (χ4v) is 6.12. The van der Waals surface area contributed by atoms with Crippen molar-refractivity contribution >= 4 is 28.9 Å². The van der Waals surface area contributed by atoms with Gasteiger partial charge in [-0.2, -0.15) is 0 Å². The van der Waals surface area contributed by atoms with Gasteiger partial charge < -0.3 is 33.8 Å². The number of likely N-dealkylation sites (tertiary alicyclic amines) is 2. The van der Waals surface area contributed by atoms with E-state index in [1.165, 1.54) is 4.90 Å². The number of para-hydroxylation sites is 1. The summed E-state index contributed by atoms with van der Waals surface area (Å²) in [5, 5.41) is 9.98. The van der Waals surface area contributed by atoms with Crippen molar-refractivity contribution in [1.29, 1.82) is 0 Å². The highest BCUT2D eigenvalue weighted by atomic mass is 16.5. The van der Waals surface area contributed by atoms with Crippen molar-refractivity contribution < 1.29 is 29.0 Å². The van der Waals surface area contributed by atoms with Gasteiger partial charge in [-0.1, -0.05) is 19.9 Å². The number of carbonyl (C=O) groups is 3. The average Bonchev–Trinajstić information content (AvgIpc) is 3.36. The summed E-state index contributed by atoms with van der Waals surface area (Å²) < 4.78 is 12.7. The predicted octanol–water partition coefficient (Wildman–Crippen LogP) is 3.95. The van der Waals surface area contributed by atoms with Crippen LogP contribution >= 0.6 is 0 Å². The fraction of sp³-hybridized carbons (Fsp3) is 0.667. The van der Waals surface area contributed by atoms with E-state index in [1.54, 1.807) is 19.1 Å². The zero-order valence-electron chi connectivity index (χ0n) is 24.9. The Kier molecular flexibility index (Phi) is 10.5. The van der Waals surface area contributed by atoms with Gasteiger partial charge in [0.15, 0.2) is 5.82 Å². The SMILES string of the molecule is COCCCCn1c(C(=O)N(CC(C)C)[C@H]2C[C@@H](C(=O)N3CCCCC3)CN(C(=O)O)C2)nc2c(OC)cccc21. The lowest BCUT2D eigenvalue weighted by molar-refractivity contribution is -0.138. The van der Waals surface area contributed by atoms with Gasteiger partial charge in [0.1, 0.15) is 11.3 Å². The number of unbranched alkanes of at least 4 members (excludes halogenated alkanes) is 1. The van der Waals surface area contributed by atoms with Gasteiger partial charge >= 0.3 is 6.09 Å². The molecule has 11 heteroatoms. The van der Waals surface area contributed by atoms with E-state index in [0.29, 0.717) is 56.3 Å². The lowest BCUT2D eigenvalue weighted by Crippen LogP contribution is -2.57. The number of imidazole rings is 1. The first kappa shape index (κ1) is 30.6. The molecule has 2 aliphatic rings. The largest absolute Gasteiger partial charge is 0.494 e. The molecule has 1 aromatic carbocycles. The van der Waals surface area contributed by atoms with Crippen LogP contribution in [0.5, 0.6) is 5.75 Å². The molecule has 0 spiro atoms. The number of benzene rings is 1. The van der Waals surface area contributed by atoms with E-state index in [0.717, 1.165) is 37.6 Å². The standard InChI is InChI=1S/C30H45N5O6/c1-21(2)18-35(23-17-22(19-33(20-23)30(38)39)28(36)32-13-6-5-7-14-32)29(37)27-31-26-24(11-10-12-25(26)41-4)34(27)15-8-9-16-40-3/h10-12,21-23H,5-9,13-20H2,1-4H3,(H,38,39)/t22-,23+/m1/s1. The highest BCUT2D eigenvalue weighted by molar-refractivity contribution is 5.96. The third-order valence-electron chi connectivity index (χ3n) is 8.11. The molecule has 2 aromatic rings. The van der Waals surface area contributed by atoms with E-state index in [9.17, 15) is 19.5 Å². The molecule has 226 valence electrons. The molecular formula is C30H45N5O6. The van der Waals surface area contributed by atoms with Crippen LogP contribution in [0.4, 0.5) is 4.79 Å². The van der Waals surface area contributed by atoms with Crippen molar-refractivity contribution in [2.24, 2.45) is 11.8 Å². The minimum Gasteiger partial charge on any atom is -0.494 e. The highest BCUT2D eigenvalue weighted by Gasteiger charge is 2.40. The monoisotopic (exact) mass is 571 g/mol. The molecule has 3 heterocycles. The second-order valence-electron chi connectivity index (χ2n) is 11.6. The average molecular weight is 572 g/mol. The molecule has 2 atom stereocenters. The van der Waals surface area contributed by atoms with E-state index < -0.39 is 18.1 Å². The first-order valence-electron chi connectivity index (χ1n) is 14.8. The zero-order chi connectivity index (χ0) is 29.5. The lowest BCUT2D eigenvalue weighted by Gasteiger charge is -2.43. The number of aromatic nitrogens is 2. The Balaban J connectivity index is 1.69. The molecule has 3 amide bonds. The van der Waals surface area contributed by atoms with Crippen LogP contribution in [0.3, 0.4) is 0 Å². The van der Waals surface area contributed by atoms with Crippen LogP contribution in [0.15, 0.2) is 18.2 Å². The van der Waals surface area contributed by atoms with Crippen LogP contribution < -0.4 is 4.74 Å². The molecule has 1 aromatic heterocycles. The van der Waals surface area contributed by atoms with Gasteiger partial charge in [-0.25, -0.2) is 9.78 Å². The van der Waals surface area contributed by atoms with Crippen molar-refractivity contribution in [1.82, 2.24) is 24.3 Å². The molecule has 0 unspecified atom stereocenters. The van der Waals surface area contributed by atoms with Crippen LogP contribution in [0.2, 0.25) is 0 Å². The van der Waals surface area contributed by atoms with Crippen molar-refractivity contribution in [2.45, 2.75) is 65.0 Å². The number of rotatable bonds is 11. The van der Waals surface area contributed by atoms with E-state index in [4.69, 9.17) is 14.5 Å². The number of carbonyl (C=O) groups excluding carboxylic acids is 2. The fourth-order valence-electron chi connectivity index (χ4n) is 6.12. The van der Waals surface area contributed by atoms with Crippen LogP contribution in [0.25, 0.3) is 11.0 Å². The first-order valence-corrected chi connectivity index (χ1v) is 14.8. The number of methoxy groups -OCH3 is 2. The predicted molar refractivity (Wildman–Crippen MR) is 155 cm³/mol. The normalized spacial score (nSPS) is 19.5. The zero-order valence-corrected chi connectivity index (χ0v) is 24.9. The molecule has 41 heavy (non-hydrogen) atoms. The Hall–Kier alpha value is -3.34. The van der Waals surface area contributed by atoms with Crippen molar-refractivity contribution in [2.75, 3.05) is 53.6 Å². The van der Waals surface area contributed by atoms with Crippen molar-refractivity contribution in [3.8, 4) is 5.75 Å². The van der Waals surface area contributed by atoms with E-state index >= 15 is 0 Å². The second kappa shape index (κ2) is 14.0. The molecule has 0 saturated carbocycles. The van der Waals surface area contributed by atoms with E-state index in [2.05, 4.69) is 0 Å². The Morgan fingerprint density at radius 2 is 1.83 bits per heavy atom. The summed E-state index contributed by atoms with van der Waals surface area (Å²) in [5.41, 5.74) is 1.42. The molecule has 2 aliphatic heterocycles. The Labute approximate surface area is 242 Å². The maximum absolute atomic E-state index is 14.4. The lowest BCUT2D eigenvalue weighted by atomic mass is 9.91. The number of ether oxygens (including phenoxy) is 2. The number of hydrogen-bond donors (Lipinski definition) is 1. The third kappa shape index (κ3) is 7.12. The molecule has 2 saturated heterocycles. The second-order valence-corrected chi connectivity index (χ2v) is 11.6. The van der Waals surface area contributed by atoms with E-state index in [1.807, 2.05) is 41.5 Å². The number of nitrogens with zero attached hydrogens (tertiary/aromatic N) is 5. The highest BCUT2D eigenvalue weighted by Crippen LogP contribution is 2.30. The molecule has 0 radical (unpaired) electrons. The summed E-state index contributed by atoms with van der Waals surface area (Å²) in [7, 11) is 3.26. The summed E-state index contributed by atoms with van der Waals surface area (Å²) in [6.45, 7) is 7.41. The summed E-state index contributed by atoms with van der Waals surface area (Å²) in [6, 6.07) is 5.20. The number of hydrogen-bond acceptors (Lipinski definition) is 6. The smallest absolute Gasteiger partial charge is 0.407 e. The van der Waals surface area contributed by atoms with Gasteiger partial charge in [-0.15, -0.1) is 0 Å². The minimum absolute atomic E-state index is 0.00675. The Morgan fingerprint density at radius 3 is 2.49 bits per heavy atom. The van der Waals surface area contributed by atoms with Gasteiger partial charge in [0.2, 0.25) is 5.91 Å². The molecule has 1 N–H and O–H groups in total. The Morgan fingerprint density at radius 1 is 1.07 bits per heavy atom. The van der Waals surface area contributed by atoms with Gasteiger partial charge in [0.25, 0.3) is 5.91 Å². The number of aryl methyl sites for hydroxylation is 1. The third-order valence-corrected chi connectivity index (χ3v) is 8.11. The Bertz CT molecular complexity index is 1210. The number of fused-ring (bicyclic) bond motifs is 1. The van der Waals surface area contributed by atoms with Gasteiger partial charge in [-0.05, 0) is 56.6 Å². The summed E-state index contributed by atoms with van der Waals surface area (Å²) >= 11 is 0. The summed E-state index contributed by atoms with van der Waals surface area (Å²) in [5.74, 6) is 0.263. The molecule has 0 bridgehead atoms. The van der Waals surface area contributed by atoms with Crippen LogP contribution in [-0.4, -0.2) is 107 Å². The van der Waals surface area contributed by atoms with Crippen LogP contribution in [0.1, 0.15) is 63.0 Å². The molecular weight excluding hydrogens is 526 g/mol. The molecule has 11 nitrogen and oxygen atoms in total. The van der Waals surface area contributed by atoms with Crippen LogP contribution in [0, 0.1) is 11.8 Å². The molecule has 4 rings (SSSR count). The van der Waals surface area contributed by atoms with Crippen molar-refractivity contribution in [3.05, 3.63) is 24.0 Å². The van der Waals surface area contributed by atoms with Gasteiger partial charge in [0, 0.05) is 53.0 Å². The number of amides is 3. The minimum atomic E-state index is -1.07. The topological polar surface area (TPSA) is 117 Å².